The van der Waals surface area contributed by atoms with Crippen molar-refractivity contribution in [3.63, 3.8) is 0 Å². The SMILES string of the molecule is Cc1n[nH]c(C)c1S(=O)(=O)N1CCCc2cccc(F)c21. The maximum absolute atomic E-state index is 14.2. The number of benzene rings is 1. The minimum Gasteiger partial charge on any atom is -0.281 e. The van der Waals surface area contributed by atoms with Crippen molar-refractivity contribution < 1.29 is 12.8 Å². The standard InChI is InChI=1S/C14H16FN3O2S/c1-9-14(10(2)17-16-9)21(19,20)18-8-4-6-11-5-3-7-12(15)13(11)18/h3,5,7H,4,6,8H2,1-2H3,(H,16,17). The van der Waals surface area contributed by atoms with Crippen molar-refractivity contribution in [1.82, 2.24) is 10.2 Å². The molecular weight excluding hydrogens is 293 g/mol. The maximum atomic E-state index is 14.2. The Kier molecular flexibility index (Phi) is 3.24. The number of fused-ring (bicyclic) bond motifs is 1. The molecule has 3 rings (SSSR count). The lowest BCUT2D eigenvalue weighted by Crippen LogP contribution is -2.36. The van der Waals surface area contributed by atoms with Crippen LogP contribution in [0.2, 0.25) is 0 Å². The number of aromatic amines is 1. The van der Waals surface area contributed by atoms with Crippen LogP contribution in [0.1, 0.15) is 23.4 Å². The van der Waals surface area contributed by atoms with Gasteiger partial charge in [-0.1, -0.05) is 12.1 Å². The molecule has 112 valence electrons. The summed E-state index contributed by atoms with van der Waals surface area (Å²) in [6.45, 7) is 3.56. The Morgan fingerprint density at radius 1 is 1.33 bits per heavy atom. The molecule has 0 unspecified atom stereocenters. The van der Waals surface area contributed by atoms with Crippen molar-refractivity contribution in [3.8, 4) is 0 Å². The number of anilines is 1. The minimum absolute atomic E-state index is 0.138. The summed E-state index contributed by atoms with van der Waals surface area (Å²) in [4.78, 5) is 0.138. The number of hydrogen-bond donors (Lipinski definition) is 1. The zero-order chi connectivity index (χ0) is 15.2. The molecule has 1 aliphatic heterocycles. The van der Waals surface area contributed by atoms with Gasteiger partial charge in [0.15, 0.2) is 0 Å². The third kappa shape index (κ3) is 2.12. The van der Waals surface area contributed by atoms with Gasteiger partial charge in [-0.25, -0.2) is 12.8 Å². The van der Waals surface area contributed by atoms with E-state index in [0.29, 0.717) is 24.2 Å². The Bertz CT molecular complexity index is 779. The average molecular weight is 309 g/mol. The van der Waals surface area contributed by atoms with Gasteiger partial charge in [0.2, 0.25) is 0 Å². The third-order valence-corrected chi connectivity index (χ3v) is 5.80. The summed E-state index contributed by atoms with van der Waals surface area (Å²) < 4.78 is 41.1. The van der Waals surface area contributed by atoms with Gasteiger partial charge in [0.05, 0.1) is 17.1 Å². The van der Waals surface area contributed by atoms with E-state index >= 15 is 0 Å². The zero-order valence-electron chi connectivity index (χ0n) is 11.9. The Balaban J connectivity index is 2.19. The molecule has 0 spiro atoms. The zero-order valence-corrected chi connectivity index (χ0v) is 12.7. The van der Waals surface area contributed by atoms with E-state index in [1.54, 1.807) is 26.0 Å². The minimum atomic E-state index is -3.82. The fraction of sp³-hybridized carbons (Fsp3) is 0.357. The van der Waals surface area contributed by atoms with E-state index in [-0.39, 0.29) is 17.1 Å². The number of para-hydroxylation sites is 1. The van der Waals surface area contributed by atoms with E-state index < -0.39 is 15.8 Å². The molecule has 2 aromatic rings. The predicted molar refractivity (Wildman–Crippen MR) is 77.3 cm³/mol. The van der Waals surface area contributed by atoms with E-state index in [2.05, 4.69) is 10.2 Å². The van der Waals surface area contributed by atoms with Gasteiger partial charge < -0.3 is 0 Å². The summed E-state index contributed by atoms with van der Waals surface area (Å²) in [6, 6.07) is 4.68. The van der Waals surface area contributed by atoms with Crippen molar-refractivity contribution in [2.24, 2.45) is 0 Å². The van der Waals surface area contributed by atoms with Crippen LogP contribution in [-0.4, -0.2) is 25.2 Å². The van der Waals surface area contributed by atoms with Crippen LogP contribution in [0, 0.1) is 19.7 Å². The second kappa shape index (κ2) is 4.84. The second-order valence-electron chi connectivity index (χ2n) is 5.19. The Morgan fingerprint density at radius 3 is 2.76 bits per heavy atom. The molecule has 1 aromatic carbocycles. The molecule has 0 fully saturated rings. The number of rotatable bonds is 2. The van der Waals surface area contributed by atoms with Crippen LogP contribution in [0.25, 0.3) is 0 Å². The van der Waals surface area contributed by atoms with E-state index in [1.807, 2.05) is 0 Å². The molecule has 1 aliphatic rings. The molecule has 7 heteroatoms. The highest BCUT2D eigenvalue weighted by Gasteiger charge is 2.34. The number of hydrogen-bond acceptors (Lipinski definition) is 3. The normalized spacial score (nSPS) is 15.1. The molecule has 0 radical (unpaired) electrons. The summed E-state index contributed by atoms with van der Waals surface area (Å²) >= 11 is 0. The summed E-state index contributed by atoms with van der Waals surface area (Å²) in [6.07, 6.45) is 1.36. The van der Waals surface area contributed by atoms with E-state index in [9.17, 15) is 12.8 Å². The van der Waals surface area contributed by atoms with Crippen molar-refractivity contribution in [3.05, 3.63) is 41.0 Å². The number of halogens is 1. The Labute approximate surface area is 122 Å². The van der Waals surface area contributed by atoms with Crippen LogP contribution in [0.3, 0.4) is 0 Å². The molecule has 0 saturated carbocycles. The summed E-state index contributed by atoms with van der Waals surface area (Å²) in [7, 11) is -3.82. The number of nitrogens with zero attached hydrogens (tertiary/aromatic N) is 2. The van der Waals surface area contributed by atoms with Gasteiger partial charge in [0.25, 0.3) is 10.0 Å². The van der Waals surface area contributed by atoms with Gasteiger partial charge in [-0.2, -0.15) is 5.10 Å². The van der Waals surface area contributed by atoms with Gasteiger partial charge >= 0.3 is 0 Å². The molecule has 1 N–H and O–H groups in total. The first-order valence-electron chi connectivity index (χ1n) is 6.74. The fourth-order valence-electron chi connectivity index (χ4n) is 2.84. The summed E-state index contributed by atoms with van der Waals surface area (Å²) in [5.41, 5.74) is 1.76. The topological polar surface area (TPSA) is 66.1 Å². The number of sulfonamides is 1. The predicted octanol–water partition coefficient (Wildman–Crippen LogP) is 2.31. The van der Waals surface area contributed by atoms with Gasteiger partial charge in [0.1, 0.15) is 10.7 Å². The largest absolute Gasteiger partial charge is 0.281 e. The smallest absolute Gasteiger partial charge is 0.268 e. The van der Waals surface area contributed by atoms with E-state index in [1.165, 1.54) is 10.4 Å². The second-order valence-corrected chi connectivity index (χ2v) is 6.99. The first kappa shape index (κ1) is 14.1. The van der Waals surface area contributed by atoms with Gasteiger partial charge in [-0.3, -0.25) is 9.40 Å². The Hall–Kier alpha value is -1.89. The number of H-pyrrole nitrogens is 1. The molecule has 21 heavy (non-hydrogen) atoms. The van der Waals surface area contributed by atoms with Crippen molar-refractivity contribution in [1.29, 1.82) is 0 Å². The van der Waals surface area contributed by atoms with Crippen LogP contribution in [0.5, 0.6) is 0 Å². The Morgan fingerprint density at radius 2 is 2.10 bits per heavy atom. The first-order valence-corrected chi connectivity index (χ1v) is 8.18. The molecule has 1 aromatic heterocycles. The molecular formula is C14H16FN3O2S. The molecule has 5 nitrogen and oxygen atoms in total. The fourth-order valence-corrected chi connectivity index (χ4v) is 4.72. The number of aromatic nitrogens is 2. The highest BCUT2D eigenvalue weighted by Crippen LogP contribution is 2.35. The van der Waals surface area contributed by atoms with Crippen LogP contribution in [0.15, 0.2) is 23.1 Å². The molecule has 0 amide bonds. The van der Waals surface area contributed by atoms with Crippen LogP contribution in [0.4, 0.5) is 10.1 Å². The number of nitrogens with one attached hydrogen (secondary N) is 1. The van der Waals surface area contributed by atoms with Gasteiger partial charge in [0, 0.05) is 6.54 Å². The maximum Gasteiger partial charge on any atom is 0.268 e. The lowest BCUT2D eigenvalue weighted by atomic mass is 10.0. The van der Waals surface area contributed by atoms with E-state index in [4.69, 9.17) is 0 Å². The highest BCUT2D eigenvalue weighted by molar-refractivity contribution is 7.93. The van der Waals surface area contributed by atoms with Crippen molar-refractivity contribution in [2.45, 2.75) is 31.6 Å². The summed E-state index contributed by atoms with van der Waals surface area (Å²) in [5.74, 6) is -0.505. The molecule has 2 heterocycles. The lowest BCUT2D eigenvalue weighted by molar-refractivity contribution is 0.576. The highest BCUT2D eigenvalue weighted by atomic mass is 32.2. The van der Waals surface area contributed by atoms with Crippen molar-refractivity contribution in [2.75, 3.05) is 10.8 Å². The molecule has 0 aliphatic carbocycles. The summed E-state index contributed by atoms with van der Waals surface area (Å²) in [5, 5.41) is 6.60. The molecule has 0 saturated heterocycles. The monoisotopic (exact) mass is 309 g/mol. The van der Waals surface area contributed by atoms with E-state index in [0.717, 1.165) is 5.56 Å². The van der Waals surface area contributed by atoms with Crippen LogP contribution >= 0.6 is 0 Å². The molecule has 0 atom stereocenters. The number of aryl methyl sites for hydroxylation is 3. The van der Waals surface area contributed by atoms with Crippen LogP contribution < -0.4 is 4.31 Å². The van der Waals surface area contributed by atoms with Gasteiger partial charge in [-0.15, -0.1) is 0 Å². The van der Waals surface area contributed by atoms with Crippen LogP contribution in [-0.2, 0) is 16.4 Å². The average Bonchev–Trinajstić information content (AvgIpc) is 2.78. The lowest BCUT2D eigenvalue weighted by Gasteiger charge is -2.30. The first-order chi connectivity index (χ1) is 9.93. The van der Waals surface area contributed by atoms with Crippen molar-refractivity contribution >= 4 is 15.7 Å². The quantitative estimate of drug-likeness (QED) is 0.925. The molecule has 0 bridgehead atoms. The third-order valence-electron chi connectivity index (χ3n) is 3.74. The van der Waals surface area contributed by atoms with Gasteiger partial charge in [-0.05, 0) is 38.3 Å².